The predicted octanol–water partition coefficient (Wildman–Crippen LogP) is 5.94. The van der Waals surface area contributed by atoms with Crippen molar-refractivity contribution in [3.63, 3.8) is 0 Å². The molecule has 2 fully saturated rings. The highest BCUT2D eigenvalue weighted by Crippen LogP contribution is 2.50. The molecule has 3 atom stereocenters. The smallest absolute Gasteiger partial charge is 0.223 e. The lowest BCUT2D eigenvalue weighted by molar-refractivity contribution is -0.126. The number of hydrogen-bond donors (Lipinski definition) is 2. The second-order valence-electron chi connectivity index (χ2n) is 9.02. The third-order valence-electron chi connectivity index (χ3n) is 6.83. The second kappa shape index (κ2) is 9.29. The zero-order valence-corrected chi connectivity index (χ0v) is 19.0. The number of hydrogen-bond acceptors (Lipinski definition) is 4. The summed E-state index contributed by atoms with van der Waals surface area (Å²) in [6, 6.07) is 6.11. The molecule has 2 N–H and O–H groups in total. The van der Waals surface area contributed by atoms with E-state index in [0.717, 1.165) is 38.5 Å². The van der Waals surface area contributed by atoms with Gasteiger partial charge in [-0.3, -0.25) is 4.79 Å². The Hall–Kier alpha value is -1.92. The number of amides is 1. The van der Waals surface area contributed by atoms with E-state index in [-0.39, 0.29) is 28.3 Å². The number of carbonyl (C=O) groups excluding carboxylic acids is 1. The highest BCUT2D eigenvalue weighted by molar-refractivity contribution is 6.42. The first-order valence-corrected chi connectivity index (χ1v) is 11.6. The van der Waals surface area contributed by atoms with E-state index in [4.69, 9.17) is 23.2 Å². The molecule has 0 saturated heterocycles. The highest BCUT2D eigenvalue weighted by atomic mass is 35.5. The van der Waals surface area contributed by atoms with E-state index in [1.807, 2.05) is 12.1 Å². The minimum absolute atomic E-state index is 0.0583. The molecule has 0 aliphatic heterocycles. The van der Waals surface area contributed by atoms with E-state index in [1.165, 1.54) is 12.1 Å². The fraction of sp³-hybridized carbons (Fsp3) is 0.522. The van der Waals surface area contributed by atoms with Crippen molar-refractivity contribution in [3.8, 4) is 0 Å². The summed E-state index contributed by atoms with van der Waals surface area (Å²) in [6.45, 7) is 2.11. The molecule has 31 heavy (non-hydrogen) atoms. The predicted molar refractivity (Wildman–Crippen MR) is 121 cm³/mol. The number of carbonyl (C=O) groups is 1. The van der Waals surface area contributed by atoms with Gasteiger partial charge in [-0.15, -0.1) is 5.10 Å². The van der Waals surface area contributed by atoms with E-state index < -0.39 is 11.9 Å². The van der Waals surface area contributed by atoms with Gasteiger partial charge in [-0.2, -0.15) is 5.10 Å². The van der Waals surface area contributed by atoms with Crippen molar-refractivity contribution in [3.05, 3.63) is 51.9 Å². The Kier molecular flexibility index (Phi) is 6.68. The zero-order chi connectivity index (χ0) is 22.0. The molecule has 1 aromatic carbocycles. The SMILES string of the molecule is CC1([C@H](NC(=O)[C@H]2CC[C@@H](Nc3cccnn3)C2)c2c(F)ccc(Cl)c2Cl)CCCC1. The van der Waals surface area contributed by atoms with Gasteiger partial charge < -0.3 is 10.6 Å². The van der Waals surface area contributed by atoms with Crippen LogP contribution in [-0.4, -0.2) is 22.1 Å². The molecule has 0 radical (unpaired) electrons. The van der Waals surface area contributed by atoms with Gasteiger partial charge in [0.2, 0.25) is 5.91 Å². The van der Waals surface area contributed by atoms with Crippen LogP contribution in [0, 0.1) is 17.2 Å². The minimum atomic E-state index is -0.513. The average Bonchev–Trinajstić information content (AvgIpc) is 3.41. The van der Waals surface area contributed by atoms with Crippen molar-refractivity contribution in [2.45, 2.75) is 64.0 Å². The molecule has 1 amide bonds. The third kappa shape index (κ3) is 4.80. The summed E-state index contributed by atoms with van der Waals surface area (Å²) >= 11 is 12.7. The Morgan fingerprint density at radius 1 is 1.23 bits per heavy atom. The molecule has 0 bridgehead atoms. The molecule has 166 valence electrons. The molecule has 4 rings (SSSR count). The van der Waals surface area contributed by atoms with E-state index in [9.17, 15) is 9.18 Å². The molecule has 8 heteroatoms. The summed E-state index contributed by atoms with van der Waals surface area (Å²) in [7, 11) is 0. The van der Waals surface area contributed by atoms with Crippen molar-refractivity contribution in [2.24, 2.45) is 11.3 Å². The number of halogens is 3. The van der Waals surface area contributed by atoms with Gasteiger partial charge in [0.05, 0.1) is 16.1 Å². The van der Waals surface area contributed by atoms with Gasteiger partial charge in [-0.25, -0.2) is 4.39 Å². The first-order chi connectivity index (χ1) is 14.9. The van der Waals surface area contributed by atoms with Crippen molar-refractivity contribution in [2.75, 3.05) is 5.32 Å². The fourth-order valence-corrected chi connectivity index (χ4v) is 5.50. The lowest BCUT2D eigenvalue weighted by Gasteiger charge is -2.36. The number of nitrogens with one attached hydrogen (secondary N) is 2. The van der Waals surface area contributed by atoms with Gasteiger partial charge in [-0.1, -0.05) is 43.0 Å². The number of nitrogens with zero attached hydrogens (tertiary/aromatic N) is 2. The number of benzene rings is 1. The van der Waals surface area contributed by atoms with Crippen LogP contribution in [0.5, 0.6) is 0 Å². The average molecular weight is 465 g/mol. The molecule has 2 aromatic rings. The third-order valence-corrected chi connectivity index (χ3v) is 7.64. The Bertz CT molecular complexity index is 937. The topological polar surface area (TPSA) is 66.9 Å². The Morgan fingerprint density at radius 3 is 2.71 bits per heavy atom. The maximum Gasteiger partial charge on any atom is 0.223 e. The molecule has 0 spiro atoms. The monoisotopic (exact) mass is 464 g/mol. The molecule has 1 aromatic heterocycles. The van der Waals surface area contributed by atoms with Crippen LogP contribution in [0.3, 0.4) is 0 Å². The quantitative estimate of drug-likeness (QED) is 0.518. The molecule has 2 aliphatic carbocycles. The van der Waals surface area contributed by atoms with Crippen molar-refractivity contribution < 1.29 is 9.18 Å². The van der Waals surface area contributed by atoms with Crippen LogP contribution < -0.4 is 10.6 Å². The standard InChI is InChI=1S/C23H27Cl2FN4O/c1-23(10-2-3-11-23)21(19-17(26)9-8-16(24)20(19)25)29-22(31)14-6-7-15(13-14)28-18-5-4-12-27-30-18/h4-5,8-9,12,14-15,21H,2-3,6-7,10-11,13H2,1H3,(H,28,30)(H,29,31)/t14-,15+,21+/m0/s1. The van der Waals surface area contributed by atoms with E-state index in [1.54, 1.807) is 6.20 Å². The van der Waals surface area contributed by atoms with Gasteiger partial charge in [-0.05, 0) is 61.8 Å². The summed E-state index contributed by atoms with van der Waals surface area (Å²) < 4.78 is 14.9. The summed E-state index contributed by atoms with van der Waals surface area (Å²) in [4.78, 5) is 13.3. The lowest BCUT2D eigenvalue weighted by Crippen LogP contribution is -2.41. The number of aromatic nitrogens is 2. The van der Waals surface area contributed by atoms with Crippen LogP contribution in [0.15, 0.2) is 30.5 Å². The van der Waals surface area contributed by atoms with Gasteiger partial charge >= 0.3 is 0 Å². The fourth-order valence-electron chi connectivity index (χ4n) is 5.07. The van der Waals surface area contributed by atoms with E-state index in [0.29, 0.717) is 22.8 Å². The first kappa shape index (κ1) is 22.3. The summed E-state index contributed by atoms with van der Waals surface area (Å²) in [5, 5.41) is 14.9. The molecular formula is C23H27Cl2FN4O. The van der Waals surface area contributed by atoms with Crippen molar-refractivity contribution in [1.82, 2.24) is 15.5 Å². The summed E-state index contributed by atoms with van der Waals surface area (Å²) in [5.41, 5.74) is 0.0416. The normalized spacial score (nSPS) is 23.5. The highest BCUT2D eigenvalue weighted by Gasteiger charge is 2.42. The van der Waals surface area contributed by atoms with Crippen LogP contribution >= 0.6 is 23.2 Å². The largest absolute Gasteiger partial charge is 0.366 e. The van der Waals surface area contributed by atoms with Gasteiger partial charge in [0.15, 0.2) is 0 Å². The first-order valence-electron chi connectivity index (χ1n) is 10.9. The van der Waals surface area contributed by atoms with Crippen LogP contribution in [0.4, 0.5) is 10.2 Å². The van der Waals surface area contributed by atoms with Gasteiger partial charge in [0.25, 0.3) is 0 Å². The lowest BCUT2D eigenvalue weighted by atomic mass is 9.76. The van der Waals surface area contributed by atoms with Gasteiger partial charge in [0.1, 0.15) is 11.6 Å². The Morgan fingerprint density at radius 2 is 2.00 bits per heavy atom. The maximum absolute atomic E-state index is 14.9. The Balaban J connectivity index is 1.51. The molecule has 5 nitrogen and oxygen atoms in total. The minimum Gasteiger partial charge on any atom is -0.366 e. The molecular weight excluding hydrogens is 438 g/mol. The Labute approximate surface area is 192 Å². The van der Waals surface area contributed by atoms with Crippen molar-refractivity contribution in [1.29, 1.82) is 0 Å². The van der Waals surface area contributed by atoms with E-state index >= 15 is 0 Å². The number of anilines is 1. The van der Waals surface area contributed by atoms with Crippen LogP contribution in [0.25, 0.3) is 0 Å². The molecule has 0 unspecified atom stereocenters. The van der Waals surface area contributed by atoms with Crippen LogP contribution in [0.1, 0.15) is 63.5 Å². The second-order valence-corrected chi connectivity index (χ2v) is 9.80. The molecule has 2 aliphatic rings. The molecule has 2 saturated carbocycles. The maximum atomic E-state index is 14.9. The van der Waals surface area contributed by atoms with Crippen LogP contribution in [-0.2, 0) is 4.79 Å². The van der Waals surface area contributed by atoms with E-state index in [2.05, 4.69) is 27.8 Å². The van der Waals surface area contributed by atoms with Crippen molar-refractivity contribution >= 4 is 34.9 Å². The molecule has 1 heterocycles. The summed E-state index contributed by atoms with van der Waals surface area (Å²) in [6.07, 6.45) is 7.86. The van der Waals surface area contributed by atoms with Gasteiger partial charge in [0, 0.05) is 23.7 Å². The van der Waals surface area contributed by atoms with Crippen LogP contribution in [0.2, 0.25) is 10.0 Å². The number of rotatable bonds is 6. The summed E-state index contributed by atoms with van der Waals surface area (Å²) in [5.74, 6) is 0.0684. The zero-order valence-electron chi connectivity index (χ0n) is 17.5.